The molecule has 5 heteroatoms. The molecule has 0 saturated carbocycles. The molecule has 0 amide bonds. The van der Waals surface area contributed by atoms with Gasteiger partial charge in [0.05, 0.1) is 0 Å². The van der Waals surface area contributed by atoms with Crippen molar-refractivity contribution in [3.63, 3.8) is 0 Å². The molecule has 3 aromatic rings. The van der Waals surface area contributed by atoms with Crippen molar-refractivity contribution in [2.45, 2.75) is 26.2 Å². The molecule has 27 heavy (non-hydrogen) atoms. The standard InChI is InChI=1S/C22H23OP.2ClH.Zr/c1-22(2,3)19-15-10-16-20(21(19)23)24(17-11-6-4-7-12-17)18-13-8-5-9-14-18;;;/h4-16,23H,1-3H3;2*1H;/q;;;+2/p-1. The Hall–Kier alpha value is -0.647. The molecule has 0 aliphatic rings. The molecule has 0 spiro atoms. The minimum absolute atomic E-state index is 0.0829. The van der Waals surface area contributed by atoms with E-state index in [-0.39, 0.29) is 5.41 Å². The zero-order valence-corrected chi connectivity index (χ0v) is 20.7. The number of phenols is 1. The molecular weight excluding hydrogens is 473 g/mol. The zero-order chi connectivity index (χ0) is 19.9. The third-order valence-corrected chi connectivity index (χ3v) is 7.00. The number of para-hydroxylation sites is 1. The van der Waals surface area contributed by atoms with Crippen LogP contribution in [0.25, 0.3) is 0 Å². The van der Waals surface area contributed by atoms with Crippen molar-refractivity contribution in [2.24, 2.45) is 0 Å². The summed E-state index contributed by atoms with van der Waals surface area (Å²) >= 11 is -0.826. The maximum atomic E-state index is 11.0. The summed E-state index contributed by atoms with van der Waals surface area (Å²) in [5.41, 5.74) is 0.926. The molecule has 3 aromatic carbocycles. The number of halogens is 2. The Morgan fingerprint density at radius 3 is 1.59 bits per heavy atom. The van der Waals surface area contributed by atoms with Gasteiger partial charge in [0.2, 0.25) is 0 Å². The second-order valence-corrected chi connectivity index (χ2v) is 13.3. The fourth-order valence-corrected chi connectivity index (χ4v) is 5.68. The van der Waals surface area contributed by atoms with Gasteiger partial charge in [-0.2, -0.15) is 0 Å². The minimum atomic E-state index is -1.24. The van der Waals surface area contributed by atoms with Crippen LogP contribution in [0.3, 0.4) is 0 Å². The summed E-state index contributed by atoms with van der Waals surface area (Å²) in [4.78, 5) is 0. The van der Waals surface area contributed by atoms with E-state index in [1.165, 1.54) is 10.6 Å². The average Bonchev–Trinajstić information content (AvgIpc) is 2.65. The fraction of sp³-hybridized carbons (Fsp3) is 0.182. The van der Waals surface area contributed by atoms with E-state index in [1.807, 2.05) is 18.2 Å². The van der Waals surface area contributed by atoms with Crippen LogP contribution in [0.4, 0.5) is 0 Å². The van der Waals surface area contributed by atoms with Crippen molar-refractivity contribution in [3.05, 3.63) is 84.4 Å². The Morgan fingerprint density at radius 2 is 1.19 bits per heavy atom. The summed E-state index contributed by atoms with van der Waals surface area (Å²) < 4.78 is 0. The summed E-state index contributed by atoms with van der Waals surface area (Å²) in [7, 11) is 8.63. The van der Waals surface area contributed by atoms with Crippen LogP contribution in [0.2, 0.25) is 0 Å². The van der Waals surface area contributed by atoms with Gasteiger partial charge in [-0.05, 0) is 35.7 Å². The molecule has 1 N–H and O–H groups in total. The molecule has 0 aliphatic heterocycles. The van der Waals surface area contributed by atoms with Crippen LogP contribution in [-0.2, 0) is 26.3 Å². The summed E-state index contributed by atoms with van der Waals surface area (Å²) in [5, 5.41) is 14.7. The number of hydrogen-bond acceptors (Lipinski definition) is 1. The predicted octanol–water partition coefficient (Wildman–Crippen LogP) is 5.56. The summed E-state index contributed by atoms with van der Waals surface area (Å²) in [6.45, 7) is 6.43. The molecule has 0 bridgehead atoms. The van der Waals surface area contributed by atoms with Gasteiger partial charge in [0.1, 0.15) is 23.8 Å². The number of aromatic hydroxyl groups is 1. The average molecular weight is 498 g/mol. The first-order chi connectivity index (χ1) is 12.9. The van der Waals surface area contributed by atoms with Crippen molar-refractivity contribution in [1.82, 2.24) is 0 Å². The molecule has 0 atom stereocenters. The van der Waals surface area contributed by atoms with Crippen molar-refractivity contribution < 1.29 is 26.0 Å². The van der Waals surface area contributed by atoms with Crippen LogP contribution in [0, 0.1) is 0 Å². The molecule has 3 rings (SSSR count). The van der Waals surface area contributed by atoms with E-state index in [1.54, 1.807) is 0 Å². The Balaban J connectivity index is 0.000000817. The maximum absolute atomic E-state index is 11.0. The van der Waals surface area contributed by atoms with Crippen LogP contribution in [0.1, 0.15) is 26.3 Å². The second-order valence-electron chi connectivity index (χ2n) is 7.13. The molecule has 0 unspecified atom stereocenters. The summed E-state index contributed by atoms with van der Waals surface area (Å²) in [6, 6.07) is 27.3. The molecule has 0 aliphatic carbocycles. The Bertz CT molecular complexity index is 796. The first-order valence-electron chi connectivity index (χ1n) is 8.67. The predicted molar refractivity (Wildman–Crippen MR) is 119 cm³/mol. The number of benzene rings is 3. The van der Waals surface area contributed by atoms with Gasteiger partial charge in [0, 0.05) is 5.56 Å². The molecule has 0 saturated heterocycles. The third-order valence-electron chi connectivity index (χ3n) is 4.24. The number of hydrogen-bond donors (Lipinski definition) is 1. The van der Waals surface area contributed by atoms with Gasteiger partial charge in [-0.1, -0.05) is 69.3 Å². The Labute approximate surface area is 182 Å². The van der Waals surface area contributed by atoms with Gasteiger partial charge < -0.3 is 5.11 Å². The molecular formula is C22H24Cl2OPZr+. The van der Waals surface area contributed by atoms with Crippen molar-refractivity contribution in [1.29, 1.82) is 0 Å². The number of rotatable bonds is 3. The van der Waals surface area contributed by atoms with Crippen molar-refractivity contribution in [2.75, 3.05) is 0 Å². The van der Waals surface area contributed by atoms with Crippen LogP contribution in [0.15, 0.2) is 78.9 Å². The molecule has 1 nitrogen and oxygen atoms in total. The van der Waals surface area contributed by atoms with E-state index in [4.69, 9.17) is 17.0 Å². The molecule has 0 radical (unpaired) electrons. The van der Waals surface area contributed by atoms with Gasteiger partial charge in [-0.15, -0.1) is 0 Å². The van der Waals surface area contributed by atoms with Gasteiger partial charge in [-0.25, -0.2) is 0 Å². The van der Waals surface area contributed by atoms with Crippen molar-refractivity contribution in [3.8, 4) is 5.75 Å². The molecule has 0 fully saturated rings. The van der Waals surface area contributed by atoms with Gasteiger partial charge in [-0.3, -0.25) is 0 Å². The van der Waals surface area contributed by atoms with E-state index >= 15 is 0 Å². The monoisotopic (exact) mass is 495 g/mol. The van der Waals surface area contributed by atoms with Crippen LogP contribution < -0.4 is 15.9 Å². The third kappa shape index (κ3) is 6.17. The van der Waals surface area contributed by atoms with Gasteiger partial charge >= 0.3 is 37.9 Å². The number of phenolic OH excluding ortho intramolecular Hbond substituents is 1. The van der Waals surface area contributed by atoms with Gasteiger partial charge in [0.25, 0.3) is 0 Å². The fourth-order valence-electron chi connectivity index (χ4n) is 3.04. The van der Waals surface area contributed by atoms with Crippen LogP contribution in [0.5, 0.6) is 5.75 Å². The molecule has 140 valence electrons. The first-order valence-corrected chi connectivity index (χ1v) is 16.5. The quantitative estimate of drug-likeness (QED) is 0.470. The van der Waals surface area contributed by atoms with Crippen LogP contribution >= 0.6 is 24.9 Å². The first kappa shape index (κ1) is 22.6. The second kappa shape index (κ2) is 10.8. The van der Waals surface area contributed by atoms with Gasteiger partial charge in [0.15, 0.2) is 5.75 Å². The zero-order valence-electron chi connectivity index (χ0n) is 15.7. The van der Waals surface area contributed by atoms with E-state index < -0.39 is 28.8 Å². The van der Waals surface area contributed by atoms with E-state index in [0.717, 1.165) is 10.9 Å². The Kier molecular flexibility index (Phi) is 9.04. The van der Waals surface area contributed by atoms with Crippen molar-refractivity contribution >= 4 is 40.9 Å². The topological polar surface area (TPSA) is 20.2 Å². The van der Waals surface area contributed by atoms with Crippen LogP contribution in [-0.4, -0.2) is 5.11 Å². The van der Waals surface area contributed by atoms with E-state index in [0.29, 0.717) is 5.75 Å². The van der Waals surface area contributed by atoms with E-state index in [2.05, 4.69) is 81.4 Å². The normalized spacial score (nSPS) is 10.9. The van der Waals surface area contributed by atoms with E-state index in [9.17, 15) is 5.11 Å². The molecule has 0 aromatic heterocycles. The summed E-state index contributed by atoms with van der Waals surface area (Å²) in [6.07, 6.45) is 0. The Morgan fingerprint density at radius 1 is 0.741 bits per heavy atom. The SMILES string of the molecule is CC(C)(C)c1cccc([PH+](c2ccccc2)c2ccccc2)c1O.[Cl][Zr][Cl]. The summed E-state index contributed by atoms with van der Waals surface area (Å²) in [5.74, 6) is 0.451. The molecule has 0 heterocycles.